The van der Waals surface area contributed by atoms with Crippen LogP contribution in [0.5, 0.6) is 0 Å². The minimum atomic E-state index is -0.115. The molecule has 20 heavy (non-hydrogen) atoms. The van der Waals surface area contributed by atoms with E-state index < -0.39 is 0 Å². The zero-order chi connectivity index (χ0) is 14.8. The van der Waals surface area contributed by atoms with Gasteiger partial charge < -0.3 is 0 Å². The van der Waals surface area contributed by atoms with Crippen LogP contribution in [0.15, 0.2) is 34.5 Å². The molecule has 1 aromatic carbocycles. The first-order valence-corrected chi connectivity index (χ1v) is 8.42. The second-order valence-electron chi connectivity index (χ2n) is 5.47. The number of anilines is 1. The summed E-state index contributed by atoms with van der Waals surface area (Å²) in [4.78, 5) is 17.7. The number of benzene rings is 1. The maximum absolute atomic E-state index is 12.2. The Hall–Kier alpha value is -1.33. The van der Waals surface area contributed by atoms with Gasteiger partial charge in [-0.2, -0.15) is 0 Å². The number of amides is 1. The predicted octanol–water partition coefficient (Wildman–Crippen LogP) is 4.41. The van der Waals surface area contributed by atoms with Gasteiger partial charge in [0.25, 0.3) is 5.91 Å². The minimum Gasteiger partial charge on any atom is -0.298 e. The van der Waals surface area contributed by atoms with E-state index in [1.54, 1.807) is 11.8 Å². The van der Waals surface area contributed by atoms with Crippen LogP contribution in [0.3, 0.4) is 0 Å². The Kier molecular flexibility index (Phi) is 4.50. The predicted molar refractivity (Wildman–Crippen MR) is 87.0 cm³/mol. The Morgan fingerprint density at radius 1 is 1.35 bits per heavy atom. The van der Waals surface area contributed by atoms with Crippen LogP contribution in [0.4, 0.5) is 5.13 Å². The number of nitrogens with one attached hydrogen (secondary N) is 1. The van der Waals surface area contributed by atoms with Crippen LogP contribution in [0.2, 0.25) is 0 Å². The van der Waals surface area contributed by atoms with Crippen LogP contribution in [0.1, 0.15) is 36.8 Å². The average molecular weight is 306 g/mol. The second kappa shape index (κ2) is 5.97. The van der Waals surface area contributed by atoms with Gasteiger partial charge in [0.2, 0.25) is 0 Å². The third-order valence-electron chi connectivity index (χ3n) is 2.82. The molecule has 0 atom stereocenters. The fourth-order valence-corrected chi connectivity index (χ4v) is 3.00. The summed E-state index contributed by atoms with van der Waals surface area (Å²) >= 11 is 3.08. The maximum atomic E-state index is 12.2. The summed E-state index contributed by atoms with van der Waals surface area (Å²) in [7, 11) is 0. The number of nitrogens with zero attached hydrogens (tertiary/aromatic N) is 1. The van der Waals surface area contributed by atoms with Crippen molar-refractivity contribution in [3.05, 3.63) is 40.9 Å². The highest BCUT2D eigenvalue weighted by Gasteiger charge is 2.18. The second-order valence-corrected chi connectivity index (χ2v) is 7.21. The largest absolute Gasteiger partial charge is 0.298 e. The van der Waals surface area contributed by atoms with E-state index >= 15 is 0 Å². The van der Waals surface area contributed by atoms with E-state index in [1.807, 2.05) is 35.9 Å². The summed E-state index contributed by atoms with van der Waals surface area (Å²) in [6.45, 7) is 6.32. The number of rotatable bonds is 3. The van der Waals surface area contributed by atoms with Crippen LogP contribution in [-0.2, 0) is 5.41 Å². The molecule has 0 aliphatic heterocycles. The van der Waals surface area contributed by atoms with E-state index in [0.717, 1.165) is 10.6 Å². The van der Waals surface area contributed by atoms with Gasteiger partial charge in [0.15, 0.2) is 5.13 Å². The van der Waals surface area contributed by atoms with Crippen LogP contribution in [0.25, 0.3) is 0 Å². The zero-order valence-corrected chi connectivity index (χ0v) is 13.7. The summed E-state index contributed by atoms with van der Waals surface area (Å²) < 4.78 is 0. The number of hydrogen-bond acceptors (Lipinski definition) is 4. The molecule has 2 aromatic rings. The van der Waals surface area contributed by atoms with E-state index in [0.29, 0.717) is 10.7 Å². The maximum Gasteiger partial charge on any atom is 0.257 e. The number of hydrogen-bond donors (Lipinski definition) is 1. The summed E-state index contributed by atoms with van der Waals surface area (Å²) in [5.41, 5.74) is 1.65. The SMILES string of the molecule is CSc1cccc(C(=O)Nc2nc(C(C)(C)C)cs2)c1. The lowest BCUT2D eigenvalue weighted by Gasteiger charge is -2.14. The van der Waals surface area contributed by atoms with Crippen molar-refractivity contribution in [3.63, 3.8) is 0 Å². The number of carbonyl (C=O) groups is 1. The lowest BCUT2D eigenvalue weighted by atomic mass is 9.93. The molecule has 106 valence electrons. The van der Waals surface area contributed by atoms with E-state index in [9.17, 15) is 4.79 Å². The third-order valence-corrected chi connectivity index (χ3v) is 4.31. The topological polar surface area (TPSA) is 42.0 Å². The monoisotopic (exact) mass is 306 g/mol. The molecule has 0 fully saturated rings. The van der Waals surface area contributed by atoms with Crippen molar-refractivity contribution in [2.24, 2.45) is 0 Å². The standard InChI is InChI=1S/C15H18N2OS2/c1-15(2,3)12-9-20-14(16-12)17-13(18)10-6-5-7-11(8-10)19-4/h5-9H,1-4H3,(H,16,17,18). The van der Waals surface area contributed by atoms with Crippen molar-refractivity contribution in [2.45, 2.75) is 31.1 Å². The van der Waals surface area contributed by atoms with Crippen LogP contribution >= 0.6 is 23.1 Å². The van der Waals surface area contributed by atoms with Crippen molar-refractivity contribution in [1.82, 2.24) is 4.98 Å². The fourth-order valence-electron chi connectivity index (χ4n) is 1.61. The van der Waals surface area contributed by atoms with E-state index in [4.69, 9.17) is 0 Å². The van der Waals surface area contributed by atoms with Gasteiger partial charge in [-0.15, -0.1) is 23.1 Å². The van der Waals surface area contributed by atoms with Gasteiger partial charge in [0.1, 0.15) is 0 Å². The van der Waals surface area contributed by atoms with E-state index in [-0.39, 0.29) is 11.3 Å². The quantitative estimate of drug-likeness (QED) is 0.854. The smallest absolute Gasteiger partial charge is 0.257 e. The normalized spacial score (nSPS) is 11.4. The number of carbonyl (C=O) groups excluding carboxylic acids is 1. The molecule has 1 aromatic heterocycles. The molecule has 0 bridgehead atoms. The van der Waals surface area contributed by atoms with Gasteiger partial charge in [-0.1, -0.05) is 26.8 Å². The summed E-state index contributed by atoms with van der Waals surface area (Å²) in [5, 5.41) is 5.50. The molecule has 1 N–H and O–H groups in total. The molecule has 0 saturated carbocycles. The van der Waals surface area contributed by atoms with Crippen molar-refractivity contribution in [3.8, 4) is 0 Å². The first-order valence-electron chi connectivity index (χ1n) is 6.31. The molecule has 0 aliphatic rings. The lowest BCUT2D eigenvalue weighted by molar-refractivity contribution is 0.102. The van der Waals surface area contributed by atoms with Crippen molar-refractivity contribution in [2.75, 3.05) is 11.6 Å². The molecule has 0 radical (unpaired) electrons. The Morgan fingerprint density at radius 3 is 2.70 bits per heavy atom. The molecule has 1 amide bonds. The first kappa shape index (κ1) is 15.1. The van der Waals surface area contributed by atoms with Gasteiger partial charge in [0.05, 0.1) is 5.69 Å². The van der Waals surface area contributed by atoms with Crippen LogP contribution < -0.4 is 5.32 Å². The number of thioether (sulfide) groups is 1. The highest BCUT2D eigenvalue weighted by Crippen LogP contribution is 2.26. The summed E-state index contributed by atoms with van der Waals surface area (Å²) in [6, 6.07) is 7.58. The molecule has 1 heterocycles. The minimum absolute atomic E-state index is 0.00174. The number of thiazole rings is 1. The highest BCUT2D eigenvalue weighted by atomic mass is 32.2. The summed E-state index contributed by atoms with van der Waals surface area (Å²) in [6.07, 6.45) is 1.99. The van der Waals surface area contributed by atoms with Gasteiger partial charge >= 0.3 is 0 Å². The van der Waals surface area contributed by atoms with Crippen molar-refractivity contribution >= 4 is 34.1 Å². The molecule has 0 unspecified atom stereocenters. The highest BCUT2D eigenvalue weighted by molar-refractivity contribution is 7.98. The van der Waals surface area contributed by atoms with E-state index in [1.165, 1.54) is 11.3 Å². The van der Waals surface area contributed by atoms with Gasteiger partial charge in [0, 0.05) is 21.3 Å². The average Bonchev–Trinajstić information content (AvgIpc) is 2.87. The lowest BCUT2D eigenvalue weighted by Crippen LogP contribution is -2.14. The molecule has 2 rings (SSSR count). The molecule has 0 aliphatic carbocycles. The zero-order valence-electron chi connectivity index (χ0n) is 12.1. The van der Waals surface area contributed by atoms with Crippen LogP contribution in [-0.4, -0.2) is 17.1 Å². The Bertz CT molecular complexity index is 614. The fraction of sp³-hybridized carbons (Fsp3) is 0.333. The number of aromatic nitrogens is 1. The van der Waals surface area contributed by atoms with Crippen LogP contribution in [0, 0.1) is 0 Å². The van der Waals surface area contributed by atoms with Crippen molar-refractivity contribution < 1.29 is 4.79 Å². The molecule has 3 nitrogen and oxygen atoms in total. The van der Waals surface area contributed by atoms with Crippen molar-refractivity contribution in [1.29, 1.82) is 0 Å². The molecule has 0 saturated heterocycles. The molecule has 0 spiro atoms. The van der Waals surface area contributed by atoms with Gasteiger partial charge in [-0.3, -0.25) is 10.1 Å². The molecular weight excluding hydrogens is 288 g/mol. The Labute approximate surface area is 127 Å². The third kappa shape index (κ3) is 3.61. The van der Waals surface area contributed by atoms with Gasteiger partial charge in [-0.05, 0) is 24.5 Å². The molecule has 5 heteroatoms. The van der Waals surface area contributed by atoms with E-state index in [2.05, 4.69) is 31.1 Å². The van der Waals surface area contributed by atoms with Gasteiger partial charge in [-0.25, -0.2) is 4.98 Å². The Morgan fingerprint density at radius 2 is 2.10 bits per heavy atom. The first-order chi connectivity index (χ1) is 9.40. The summed E-state index contributed by atoms with van der Waals surface area (Å²) in [5.74, 6) is -0.115. The molecular formula is C15H18N2OS2. The Balaban J connectivity index is 2.13.